The van der Waals surface area contributed by atoms with Gasteiger partial charge in [-0.1, -0.05) is 6.92 Å². The molecule has 5 heteroatoms. The molecule has 1 spiro atoms. The number of hydrogen-bond acceptors (Lipinski definition) is 5. The van der Waals surface area contributed by atoms with Gasteiger partial charge in [0.25, 0.3) is 0 Å². The quantitative estimate of drug-likeness (QED) is 0.828. The first-order valence-electron chi connectivity index (χ1n) is 8.02. The number of nitrogens with zero attached hydrogens (tertiary/aromatic N) is 4. The van der Waals surface area contributed by atoms with E-state index in [4.69, 9.17) is 4.74 Å². The van der Waals surface area contributed by atoms with Crippen LogP contribution in [0.3, 0.4) is 0 Å². The molecule has 0 N–H and O–H groups in total. The summed E-state index contributed by atoms with van der Waals surface area (Å²) in [4.78, 5) is 13.9. The highest BCUT2D eigenvalue weighted by atomic mass is 16.5. The van der Waals surface area contributed by atoms with Gasteiger partial charge in [-0.05, 0) is 33.2 Å². The molecule has 0 amide bonds. The van der Waals surface area contributed by atoms with E-state index in [2.05, 4.69) is 39.8 Å². The molecule has 0 aromatic carbocycles. The number of piperidine rings is 1. The topological polar surface area (TPSA) is 41.5 Å². The van der Waals surface area contributed by atoms with Gasteiger partial charge in [-0.3, -0.25) is 0 Å². The van der Waals surface area contributed by atoms with E-state index in [1.165, 1.54) is 0 Å². The van der Waals surface area contributed by atoms with Crippen molar-refractivity contribution in [2.45, 2.75) is 38.7 Å². The Hall–Kier alpha value is -1.20. The van der Waals surface area contributed by atoms with Gasteiger partial charge in [0.1, 0.15) is 11.6 Å². The smallest absolute Gasteiger partial charge is 0.132 e. The number of rotatable bonds is 2. The minimum Gasteiger partial charge on any atom is -0.371 e. The van der Waals surface area contributed by atoms with Crippen LogP contribution < -0.4 is 4.90 Å². The van der Waals surface area contributed by atoms with Gasteiger partial charge in [0.2, 0.25) is 0 Å². The van der Waals surface area contributed by atoms with Crippen molar-refractivity contribution in [2.24, 2.45) is 0 Å². The lowest BCUT2D eigenvalue weighted by molar-refractivity contribution is -0.0884. The molecule has 0 bridgehead atoms. The van der Waals surface area contributed by atoms with Crippen LogP contribution in [0.5, 0.6) is 0 Å². The molecule has 2 aliphatic rings. The molecule has 3 heterocycles. The molecule has 3 rings (SSSR count). The predicted octanol–water partition coefficient (Wildman–Crippen LogP) is 1.65. The number of morpholine rings is 1. The van der Waals surface area contributed by atoms with E-state index >= 15 is 0 Å². The molecule has 0 atom stereocenters. The Morgan fingerprint density at radius 1 is 1.24 bits per heavy atom. The molecule has 116 valence electrons. The maximum Gasteiger partial charge on any atom is 0.132 e. The van der Waals surface area contributed by atoms with Gasteiger partial charge >= 0.3 is 0 Å². The molecular formula is C16H26N4O. The SMILES string of the molecule is CCc1cc(N2CCOC3(CCN(C)CC3)C2)nc(C)n1. The summed E-state index contributed by atoms with van der Waals surface area (Å²) in [5.74, 6) is 1.94. The van der Waals surface area contributed by atoms with Gasteiger partial charge < -0.3 is 14.5 Å². The Balaban J connectivity index is 1.78. The Morgan fingerprint density at radius 2 is 2.00 bits per heavy atom. The van der Waals surface area contributed by atoms with E-state index in [0.29, 0.717) is 0 Å². The highest BCUT2D eigenvalue weighted by Gasteiger charge is 2.39. The van der Waals surface area contributed by atoms with E-state index in [9.17, 15) is 0 Å². The molecule has 0 saturated carbocycles. The van der Waals surface area contributed by atoms with Crippen molar-refractivity contribution in [3.8, 4) is 0 Å². The van der Waals surface area contributed by atoms with Crippen LogP contribution in [0, 0.1) is 6.92 Å². The number of aryl methyl sites for hydroxylation is 2. The van der Waals surface area contributed by atoms with Crippen molar-refractivity contribution in [3.05, 3.63) is 17.6 Å². The van der Waals surface area contributed by atoms with Crippen molar-refractivity contribution in [2.75, 3.05) is 44.7 Å². The van der Waals surface area contributed by atoms with Gasteiger partial charge in [0.15, 0.2) is 0 Å². The van der Waals surface area contributed by atoms with Crippen molar-refractivity contribution in [1.29, 1.82) is 0 Å². The number of likely N-dealkylation sites (tertiary alicyclic amines) is 1. The number of ether oxygens (including phenoxy) is 1. The average Bonchev–Trinajstić information content (AvgIpc) is 2.50. The van der Waals surface area contributed by atoms with Crippen LogP contribution in [0.2, 0.25) is 0 Å². The van der Waals surface area contributed by atoms with Crippen LogP contribution in [0.25, 0.3) is 0 Å². The van der Waals surface area contributed by atoms with Gasteiger partial charge in [0, 0.05) is 37.9 Å². The Morgan fingerprint density at radius 3 is 2.71 bits per heavy atom. The average molecular weight is 290 g/mol. The summed E-state index contributed by atoms with van der Waals surface area (Å²) in [6.07, 6.45) is 3.19. The molecule has 2 aliphatic heterocycles. The summed E-state index contributed by atoms with van der Waals surface area (Å²) in [7, 11) is 2.19. The third kappa shape index (κ3) is 3.19. The number of hydrogen-bond donors (Lipinski definition) is 0. The van der Waals surface area contributed by atoms with Crippen LogP contribution >= 0.6 is 0 Å². The zero-order valence-electron chi connectivity index (χ0n) is 13.4. The summed E-state index contributed by atoms with van der Waals surface area (Å²) in [6, 6.07) is 2.14. The van der Waals surface area contributed by atoms with Crippen LogP contribution in [-0.2, 0) is 11.2 Å². The first kappa shape index (κ1) is 14.7. The number of anilines is 1. The summed E-state index contributed by atoms with van der Waals surface area (Å²) in [5, 5.41) is 0. The summed E-state index contributed by atoms with van der Waals surface area (Å²) < 4.78 is 6.18. The normalized spacial score (nSPS) is 22.7. The lowest BCUT2D eigenvalue weighted by Gasteiger charge is -2.47. The standard InChI is InChI=1S/C16H26N4O/c1-4-14-11-15(18-13(2)17-14)20-9-10-21-16(12-20)5-7-19(3)8-6-16/h11H,4-10,12H2,1-3H3. The highest BCUT2D eigenvalue weighted by Crippen LogP contribution is 2.31. The van der Waals surface area contributed by atoms with Crippen molar-refractivity contribution >= 4 is 5.82 Å². The fourth-order valence-corrected chi connectivity index (χ4v) is 3.32. The Bertz CT molecular complexity index is 497. The van der Waals surface area contributed by atoms with Crippen LogP contribution in [-0.4, -0.2) is 60.3 Å². The van der Waals surface area contributed by atoms with E-state index < -0.39 is 0 Å². The molecule has 1 aromatic rings. The fourth-order valence-electron chi connectivity index (χ4n) is 3.32. The molecule has 0 aliphatic carbocycles. The van der Waals surface area contributed by atoms with Crippen LogP contribution in [0.4, 0.5) is 5.82 Å². The lowest BCUT2D eigenvalue weighted by Crippen LogP contribution is -2.56. The molecule has 2 saturated heterocycles. The largest absolute Gasteiger partial charge is 0.371 e. The minimum absolute atomic E-state index is 0.0238. The second-order valence-electron chi connectivity index (χ2n) is 6.37. The Kier molecular flexibility index (Phi) is 4.13. The van der Waals surface area contributed by atoms with Crippen molar-refractivity contribution in [3.63, 3.8) is 0 Å². The summed E-state index contributed by atoms with van der Waals surface area (Å²) >= 11 is 0. The van der Waals surface area contributed by atoms with Crippen LogP contribution in [0.15, 0.2) is 6.07 Å². The van der Waals surface area contributed by atoms with Gasteiger partial charge in [-0.25, -0.2) is 9.97 Å². The zero-order valence-corrected chi connectivity index (χ0v) is 13.4. The van der Waals surface area contributed by atoms with Crippen molar-refractivity contribution in [1.82, 2.24) is 14.9 Å². The monoisotopic (exact) mass is 290 g/mol. The summed E-state index contributed by atoms with van der Waals surface area (Å²) in [5.41, 5.74) is 1.15. The molecular weight excluding hydrogens is 264 g/mol. The third-order valence-electron chi connectivity index (χ3n) is 4.71. The fraction of sp³-hybridized carbons (Fsp3) is 0.750. The van der Waals surface area contributed by atoms with E-state index in [1.807, 2.05) is 6.92 Å². The predicted molar refractivity (Wildman–Crippen MR) is 83.8 cm³/mol. The number of aromatic nitrogens is 2. The van der Waals surface area contributed by atoms with E-state index in [0.717, 1.165) is 69.4 Å². The van der Waals surface area contributed by atoms with E-state index in [1.54, 1.807) is 0 Å². The molecule has 5 nitrogen and oxygen atoms in total. The van der Waals surface area contributed by atoms with Gasteiger partial charge in [0.05, 0.1) is 12.2 Å². The van der Waals surface area contributed by atoms with Gasteiger partial charge in [-0.2, -0.15) is 0 Å². The maximum absolute atomic E-state index is 6.18. The second kappa shape index (κ2) is 5.89. The molecule has 0 unspecified atom stereocenters. The maximum atomic E-state index is 6.18. The zero-order chi connectivity index (χ0) is 14.9. The molecule has 2 fully saturated rings. The third-order valence-corrected chi connectivity index (χ3v) is 4.71. The van der Waals surface area contributed by atoms with Crippen LogP contribution in [0.1, 0.15) is 31.3 Å². The Labute approximate surface area is 127 Å². The first-order chi connectivity index (χ1) is 10.1. The van der Waals surface area contributed by atoms with Crippen molar-refractivity contribution < 1.29 is 4.74 Å². The summed E-state index contributed by atoms with van der Waals surface area (Å²) in [6.45, 7) is 9.05. The second-order valence-corrected chi connectivity index (χ2v) is 6.37. The lowest BCUT2D eigenvalue weighted by atomic mass is 9.89. The molecule has 21 heavy (non-hydrogen) atoms. The molecule has 0 radical (unpaired) electrons. The van der Waals surface area contributed by atoms with E-state index in [-0.39, 0.29) is 5.60 Å². The van der Waals surface area contributed by atoms with Gasteiger partial charge in [-0.15, -0.1) is 0 Å². The first-order valence-corrected chi connectivity index (χ1v) is 8.02. The highest BCUT2D eigenvalue weighted by molar-refractivity contribution is 5.41. The molecule has 1 aromatic heterocycles. The minimum atomic E-state index is 0.0238.